The first kappa shape index (κ1) is 21.3. The number of rotatable bonds is 8. The van der Waals surface area contributed by atoms with Gasteiger partial charge >= 0.3 is 6.03 Å². The molecule has 1 aliphatic heterocycles. The first-order valence-corrected chi connectivity index (χ1v) is 12.0. The second-order valence-electron chi connectivity index (χ2n) is 6.75. The number of carbonyl (C=O) groups excluding carboxylic acids is 2. The largest absolute Gasteiger partial charge is 0.416 e. The Balaban J connectivity index is 1.33. The van der Waals surface area contributed by atoms with Crippen LogP contribution in [0.15, 0.2) is 40.0 Å². The number of benzene rings is 1. The number of sulfone groups is 1. The molecule has 0 saturated carbocycles. The monoisotopic (exact) mass is 438 g/mol. The van der Waals surface area contributed by atoms with E-state index in [-0.39, 0.29) is 23.8 Å². The van der Waals surface area contributed by atoms with Crippen LogP contribution in [0.3, 0.4) is 0 Å². The van der Waals surface area contributed by atoms with E-state index in [9.17, 15) is 18.0 Å². The smallest absolute Gasteiger partial charge is 0.321 e. The lowest BCUT2D eigenvalue weighted by Crippen LogP contribution is -2.39. The fourth-order valence-electron chi connectivity index (χ4n) is 2.90. The number of thioether (sulfide) groups is 1. The molecule has 1 aliphatic rings. The maximum atomic E-state index is 11.8. The standard InChI is InChI=1S/C18H22N4O5S2/c23-15(20-17(24)19-11-13-4-2-1-3-5-13)6-8-28-18-22-21-16(27-18)10-14-7-9-29(25,26)12-14/h1-5,14H,6-12H2,(H2,19,20,23,24). The zero-order valence-electron chi connectivity index (χ0n) is 15.7. The number of urea groups is 1. The minimum absolute atomic E-state index is 0.0125. The van der Waals surface area contributed by atoms with Crippen molar-refractivity contribution < 1.29 is 22.4 Å². The Morgan fingerprint density at radius 2 is 2.00 bits per heavy atom. The molecule has 0 bridgehead atoms. The van der Waals surface area contributed by atoms with Crippen LogP contribution in [0.2, 0.25) is 0 Å². The van der Waals surface area contributed by atoms with Gasteiger partial charge in [-0.2, -0.15) is 0 Å². The van der Waals surface area contributed by atoms with Crippen molar-refractivity contribution in [3.8, 4) is 0 Å². The predicted octanol–water partition coefficient (Wildman–Crippen LogP) is 1.56. The summed E-state index contributed by atoms with van der Waals surface area (Å²) >= 11 is 1.21. The van der Waals surface area contributed by atoms with Gasteiger partial charge < -0.3 is 9.73 Å². The maximum absolute atomic E-state index is 11.8. The van der Waals surface area contributed by atoms with Gasteiger partial charge in [0.2, 0.25) is 11.8 Å². The van der Waals surface area contributed by atoms with Crippen LogP contribution in [0.4, 0.5) is 4.79 Å². The first-order valence-electron chi connectivity index (χ1n) is 9.17. The van der Waals surface area contributed by atoms with E-state index < -0.39 is 21.8 Å². The molecule has 1 aromatic carbocycles. The van der Waals surface area contributed by atoms with Gasteiger partial charge in [-0.1, -0.05) is 42.1 Å². The third-order valence-electron chi connectivity index (χ3n) is 4.34. The van der Waals surface area contributed by atoms with E-state index in [1.54, 1.807) is 0 Å². The lowest BCUT2D eigenvalue weighted by Gasteiger charge is -2.06. The summed E-state index contributed by atoms with van der Waals surface area (Å²) in [5.74, 6) is 0.750. The molecule has 0 radical (unpaired) electrons. The van der Waals surface area contributed by atoms with E-state index in [1.807, 2.05) is 30.3 Å². The second kappa shape index (κ2) is 9.88. The highest BCUT2D eigenvalue weighted by Gasteiger charge is 2.29. The first-order chi connectivity index (χ1) is 13.9. The number of amides is 3. The molecule has 156 valence electrons. The number of hydrogen-bond acceptors (Lipinski definition) is 8. The van der Waals surface area contributed by atoms with Gasteiger partial charge in [-0.15, -0.1) is 10.2 Å². The molecule has 1 aromatic heterocycles. The summed E-state index contributed by atoms with van der Waals surface area (Å²) in [6, 6.07) is 8.84. The Hall–Kier alpha value is -2.40. The molecule has 9 nitrogen and oxygen atoms in total. The summed E-state index contributed by atoms with van der Waals surface area (Å²) in [4.78, 5) is 23.6. The Kier molecular flexibility index (Phi) is 7.26. The molecular weight excluding hydrogens is 416 g/mol. The highest BCUT2D eigenvalue weighted by molar-refractivity contribution is 7.99. The summed E-state index contributed by atoms with van der Waals surface area (Å²) < 4.78 is 28.5. The van der Waals surface area contributed by atoms with Crippen LogP contribution in [0, 0.1) is 5.92 Å². The molecule has 1 atom stereocenters. The van der Waals surface area contributed by atoms with Crippen molar-refractivity contribution in [1.82, 2.24) is 20.8 Å². The SMILES string of the molecule is O=C(CCSc1nnc(CC2CCS(=O)(=O)C2)o1)NC(=O)NCc1ccccc1. The number of hydrogen-bond donors (Lipinski definition) is 2. The minimum Gasteiger partial charge on any atom is -0.416 e. The van der Waals surface area contributed by atoms with Crippen LogP contribution in [-0.4, -0.2) is 47.8 Å². The number of carbonyl (C=O) groups is 2. The lowest BCUT2D eigenvalue weighted by atomic mass is 10.1. The van der Waals surface area contributed by atoms with Gasteiger partial charge in [0, 0.05) is 25.1 Å². The van der Waals surface area contributed by atoms with Gasteiger partial charge in [-0.25, -0.2) is 13.2 Å². The highest BCUT2D eigenvalue weighted by Crippen LogP contribution is 2.24. The van der Waals surface area contributed by atoms with Crippen molar-refractivity contribution in [2.24, 2.45) is 5.92 Å². The van der Waals surface area contributed by atoms with Crippen molar-refractivity contribution in [2.45, 2.75) is 31.0 Å². The molecule has 11 heteroatoms. The molecule has 1 unspecified atom stereocenters. The quantitative estimate of drug-likeness (QED) is 0.594. The van der Waals surface area contributed by atoms with Gasteiger partial charge in [0.15, 0.2) is 9.84 Å². The van der Waals surface area contributed by atoms with Crippen molar-refractivity contribution in [3.05, 3.63) is 41.8 Å². The Labute approximate surface area is 173 Å². The summed E-state index contributed by atoms with van der Waals surface area (Å²) in [7, 11) is -2.93. The van der Waals surface area contributed by atoms with Gasteiger partial charge in [0.1, 0.15) is 0 Å². The van der Waals surface area contributed by atoms with E-state index in [0.29, 0.717) is 36.3 Å². The van der Waals surface area contributed by atoms with Crippen LogP contribution >= 0.6 is 11.8 Å². The predicted molar refractivity (Wildman–Crippen MR) is 107 cm³/mol. The van der Waals surface area contributed by atoms with E-state index in [4.69, 9.17) is 4.42 Å². The van der Waals surface area contributed by atoms with Crippen molar-refractivity contribution >= 4 is 33.5 Å². The van der Waals surface area contributed by atoms with E-state index >= 15 is 0 Å². The third kappa shape index (κ3) is 7.17. The summed E-state index contributed by atoms with van der Waals surface area (Å²) in [6.07, 6.45) is 1.16. The van der Waals surface area contributed by atoms with Gasteiger partial charge in [-0.05, 0) is 17.9 Å². The van der Waals surface area contributed by atoms with E-state index in [0.717, 1.165) is 5.56 Å². The zero-order valence-corrected chi connectivity index (χ0v) is 17.3. The van der Waals surface area contributed by atoms with Crippen LogP contribution < -0.4 is 10.6 Å². The average Bonchev–Trinajstić information content (AvgIpc) is 3.26. The van der Waals surface area contributed by atoms with Crippen LogP contribution in [0.25, 0.3) is 0 Å². The number of nitrogens with one attached hydrogen (secondary N) is 2. The Morgan fingerprint density at radius 3 is 2.72 bits per heavy atom. The third-order valence-corrected chi connectivity index (χ3v) is 7.00. The van der Waals surface area contributed by atoms with Crippen LogP contribution in [0.1, 0.15) is 24.3 Å². The van der Waals surface area contributed by atoms with Crippen LogP contribution in [-0.2, 0) is 27.6 Å². The molecule has 3 rings (SSSR count). The molecule has 3 amide bonds. The minimum atomic E-state index is -2.93. The van der Waals surface area contributed by atoms with Gasteiger partial charge in [0.25, 0.3) is 5.22 Å². The number of nitrogens with zero attached hydrogens (tertiary/aromatic N) is 2. The van der Waals surface area contributed by atoms with E-state index in [2.05, 4.69) is 20.8 Å². The zero-order chi connectivity index (χ0) is 20.7. The molecule has 29 heavy (non-hydrogen) atoms. The normalized spacial score (nSPS) is 17.7. The maximum Gasteiger partial charge on any atom is 0.321 e. The number of aromatic nitrogens is 2. The van der Waals surface area contributed by atoms with E-state index in [1.165, 1.54) is 11.8 Å². The van der Waals surface area contributed by atoms with Gasteiger partial charge in [0.05, 0.1) is 11.5 Å². The lowest BCUT2D eigenvalue weighted by molar-refractivity contribution is -0.119. The molecular formula is C18H22N4O5S2. The highest BCUT2D eigenvalue weighted by atomic mass is 32.2. The van der Waals surface area contributed by atoms with Crippen molar-refractivity contribution in [3.63, 3.8) is 0 Å². The van der Waals surface area contributed by atoms with Crippen LogP contribution in [0.5, 0.6) is 0 Å². The fraction of sp³-hybridized carbons (Fsp3) is 0.444. The van der Waals surface area contributed by atoms with Crippen molar-refractivity contribution in [2.75, 3.05) is 17.3 Å². The van der Waals surface area contributed by atoms with Crippen molar-refractivity contribution in [1.29, 1.82) is 0 Å². The summed E-state index contributed by atoms with van der Waals surface area (Å²) in [5.41, 5.74) is 0.938. The Morgan fingerprint density at radius 1 is 1.21 bits per heavy atom. The molecule has 2 N–H and O–H groups in total. The Bertz CT molecular complexity index is 946. The van der Waals surface area contributed by atoms with Gasteiger partial charge in [-0.3, -0.25) is 10.1 Å². The second-order valence-corrected chi connectivity index (χ2v) is 10.0. The number of imide groups is 1. The molecule has 2 heterocycles. The summed E-state index contributed by atoms with van der Waals surface area (Å²) in [5, 5.41) is 13.0. The molecule has 1 saturated heterocycles. The fourth-order valence-corrected chi connectivity index (χ4v) is 5.48. The molecule has 0 spiro atoms. The topological polar surface area (TPSA) is 131 Å². The average molecular weight is 439 g/mol. The molecule has 2 aromatic rings. The summed E-state index contributed by atoms with van der Waals surface area (Å²) in [6.45, 7) is 0.335. The molecule has 1 fully saturated rings. The molecule has 0 aliphatic carbocycles.